The van der Waals surface area contributed by atoms with E-state index in [4.69, 9.17) is 0 Å². The summed E-state index contributed by atoms with van der Waals surface area (Å²) >= 11 is 3.90. The molecule has 2 aliphatic rings. The third-order valence-corrected chi connectivity index (χ3v) is 12.6. The first-order valence-electron chi connectivity index (χ1n) is 10.0. The van der Waals surface area contributed by atoms with Gasteiger partial charge < -0.3 is 10.3 Å². The molecule has 1 aromatic heterocycles. The van der Waals surface area contributed by atoms with Crippen LogP contribution in [0.5, 0.6) is 0 Å². The molecule has 1 aliphatic carbocycles. The Hall–Kier alpha value is -1.36. The summed E-state index contributed by atoms with van der Waals surface area (Å²) in [4.78, 5) is 3.63. The lowest BCUT2D eigenvalue weighted by molar-refractivity contribution is 0.332. The largest absolute Gasteiger partial charge is 0.349 e. The minimum Gasteiger partial charge on any atom is -0.349 e. The molecule has 2 heterocycles. The van der Waals surface area contributed by atoms with Gasteiger partial charge in [-0.3, -0.25) is 0 Å². The maximum atomic E-state index is 4.14. The molecule has 1 aliphatic heterocycles. The standard InChI is InChI=1S/C23H29BrN2Si/c1-4-13-27(14-5-2,15-6-3)22-20-19-16(17-10-8-12-25-21(17)22)9-7-11-18(19)26-23(20)24/h4-7,9,11,17,21-22,25-26H,1-3,8,10,12-15H2/t17?,21-,22?/m0/s1. The molecule has 2 nitrogen and oxygen atoms in total. The Balaban J connectivity index is 2.01. The SMILES string of the molecule is C=CC[Si](CC=C)(CC=C)C1c2c(Br)[nH]c3cccc(c23)C2CCCN[C@@H]21. The monoisotopic (exact) mass is 440 g/mol. The highest BCUT2D eigenvalue weighted by Gasteiger charge is 2.50. The molecule has 3 atom stereocenters. The molecule has 2 N–H and O–H groups in total. The predicted octanol–water partition coefficient (Wildman–Crippen LogP) is 6.41. The Morgan fingerprint density at radius 1 is 1.11 bits per heavy atom. The van der Waals surface area contributed by atoms with Crippen LogP contribution in [-0.2, 0) is 0 Å². The number of H-pyrrole nitrogens is 1. The number of benzene rings is 1. The number of rotatable bonds is 7. The average Bonchev–Trinajstić information content (AvgIpc) is 3.00. The highest BCUT2D eigenvalue weighted by molar-refractivity contribution is 9.10. The second kappa shape index (κ2) is 7.57. The fraction of sp³-hybridized carbons (Fsp3) is 0.391. The Labute approximate surface area is 172 Å². The molecule has 1 saturated heterocycles. The van der Waals surface area contributed by atoms with E-state index in [0.717, 1.165) is 29.3 Å². The fourth-order valence-electron chi connectivity index (χ4n) is 5.84. The fourth-order valence-corrected chi connectivity index (χ4v) is 11.7. The summed E-state index contributed by atoms with van der Waals surface area (Å²) in [6.45, 7) is 13.5. The van der Waals surface area contributed by atoms with Gasteiger partial charge in [-0.05, 0) is 76.2 Å². The van der Waals surface area contributed by atoms with Crippen LogP contribution >= 0.6 is 15.9 Å². The number of nitrogens with one attached hydrogen (secondary N) is 2. The zero-order chi connectivity index (χ0) is 19.0. The van der Waals surface area contributed by atoms with Crippen LogP contribution in [0.1, 0.15) is 35.4 Å². The van der Waals surface area contributed by atoms with E-state index in [-0.39, 0.29) is 0 Å². The second-order valence-corrected chi connectivity index (χ2v) is 13.5. The van der Waals surface area contributed by atoms with Crippen molar-refractivity contribution in [1.82, 2.24) is 10.3 Å². The van der Waals surface area contributed by atoms with E-state index in [1.54, 1.807) is 0 Å². The average molecular weight is 441 g/mol. The summed E-state index contributed by atoms with van der Waals surface area (Å²) in [6.07, 6.45) is 8.97. The van der Waals surface area contributed by atoms with Crippen molar-refractivity contribution < 1.29 is 0 Å². The summed E-state index contributed by atoms with van der Waals surface area (Å²) in [6, 6.07) is 10.6. The van der Waals surface area contributed by atoms with Crippen molar-refractivity contribution in [3.8, 4) is 0 Å². The van der Waals surface area contributed by atoms with Crippen molar-refractivity contribution in [3.63, 3.8) is 0 Å². The Morgan fingerprint density at radius 3 is 2.48 bits per heavy atom. The molecule has 2 aromatic rings. The summed E-state index contributed by atoms with van der Waals surface area (Å²) in [7, 11) is -1.81. The smallest absolute Gasteiger partial charge is 0.0864 e. The van der Waals surface area contributed by atoms with Gasteiger partial charge >= 0.3 is 0 Å². The molecule has 0 bridgehead atoms. The molecule has 0 saturated carbocycles. The van der Waals surface area contributed by atoms with Crippen LogP contribution in [0.4, 0.5) is 0 Å². The van der Waals surface area contributed by atoms with Crippen molar-refractivity contribution >= 4 is 34.9 Å². The van der Waals surface area contributed by atoms with Crippen LogP contribution in [0.2, 0.25) is 18.1 Å². The van der Waals surface area contributed by atoms with Crippen LogP contribution in [-0.4, -0.2) is 25.6 Å². The number of hydrogen-bond acceptors (Lipinski definition) is 1. The molecule has 2 unspecified atom stereocenters. The minimum absolute atomic E-state index is 0.496. The molecular weight excluding hydrogens is 412 g/mol. The van der Waals surface area contributed by atoms with E-state index in [0.29, 0.717) is 17.5 Å². The van der Waals surface area contributed by atoms with Crippen molar-refractivity contribution in [3.05, 3.63) is 71.9 Å². The molecule has 4 rings (SSSR count). The van der Waals surface area contributed by atoms with Gasteiger partial charge in [-0.2, -0.15) is 0 Å². The van der Waals surface area contributed by atoms with Gasteiger partial charge in [0.05, 0.1) is 12.7 Å². The van der Waals surface area contributed by atoms with E-state index >= 15 is 0 Å². The van der Waals surface area contributed by atoms with Crippen LogP contribution in [0.3, 0.4) is 0 Å². The van der Waals surface area contributed by atoms with Crippen molar-refractivity contribution in [2.45, 2.75) is 48.5 Å². The Kier molecular flexibility index (Phi) is 5.32. The predicted molar refractivity (Wildman–Crippen MR) is 123 cm³/mol. The lowest BCUT2D eigenvalue weighted by Crippen LogP contribution is -2.56. The second-order valence-electron chi connectivity index (χ2n) is 8.17. The van der Waals surface area contributed by atoms with E-state index < -0.39 is 8.07 Å². The molecule has 27 heavy (non-hydrogen) atoms. The molecule has 1 aromatic carbocycles. The van der Waals surface area contributed by atoms with Gasteiger partial charge in [0.15, 0.2) is 0 Å². The van der Waals surface area contributed by atoms with Gasteiger partial charge in [0.1, 0.15) is 0 Å². The minimum atomic E-state index is -1.81. The number of aromatic amines is 1. The summed E-state index contributed by atoms with van der Waals surface area (Å²) in [5.74, 6) is 0.592. The first-order chi connectivity index (χ1) is 13.2. The van der Waals surface area contributed by atoms with E-state index in [1.807, 2.05) is 0 Å². The zero-order valence-electron chi connectivity index (χ0n) is 15.9. The molecule has 0 spiro atoms. The molecule has 142 valence electrons. The summed E-state index contributed by atoms with van der Waals surface area (Å²) in [5, 5.41) is 5.42. The number of aromatic nitrogens is 1. The van der Waals surface area contributed by atoms with Crippen LogP contribution in [0.25, 0.3) is 10.9 Å². The maximum absolute atomic E-state index is 4.14. The van der Waals surface area contributed by atoms with Gasteiger partial charge in [-0.1, -0.05) is 30.4 Å². The third kappa shape index (κ3) is 2.93. The number of fused-ring (bicyclic) bond motifs is 2. The van der Waals surface area contributed by atoms with Gasteiger partial charge in [0.25, 0.3) is 0 Å². The van der Waals surface area contributed by atoms with Gasteiger partial charge in [-0.25, -0.2) is 0 Å². The number of hydrogen-bond donors (Lipinski definition) is 2. The van der Waals surface area contributed by atoms with Crippen molar-refractivity contribution in [2.24, 2.45) is 0 Å². The number of piperidine rings is 1. The van der Waals surface area contributed by atoms with E-state index in [2.05, 4.69) is 82.4 Å². The molecule has 0 radical (unpaired) electrons. The number of halogens is 1. The molecular formula is C23H29BrN2Si. The van der Waals surface area contributed by atoms with Crippen LogP contribution < -0.4 is 5.32 Å². The van der Waals surface area contributed by atoms with E-state index in [9.17, 15) is 0 Å². The lowest BCUT2D eigenvalue weighted by atomic mass is 9.75. The van der Waals surface area contributed by atoms with Crippen LogP contribution in [0, 0.1) is 0 Å². The zero-order valence-corrected chi connectivity index (χ0v) is 18.5. The van der Waals surface area contributed by atoms with Gasteiger partial charge in [-0.15, -0.1) is 19.7 Å². The maximum Gasteiger partial charge on any atom is 0.0864 e. The highest BCUT2D eigenvalue weighted by Crippen LogP contribution is 2.54. The van der Waals surface area contributed by atoms with Gasteiger partial charge in [0.2, 0.25) is 0 Å². The Morgan fingerprint density at radius 2 is 1.81 bits per heavy atom. The Bertz CT molecular complexity index is 857. The van der Waals surface area contributed by atoms with Crippen molar-refractivity contribution in [1.29, 1.82) is 0 Å². The van der Waals surface area contributed by atoms with Crippen molar-refractivity contribution in [2.75, 3.05) is 6.54 Å². The van der Waals surface area contributed by atoms with Gasteiger partial charge in [0, 0.05) is 22.9 Å². The highest BCUT2D eigenvalue weighted by atomic mass is 79.9. The first-order valence-corrected chi connectivity index (χ1v) is 13.5. The molecule has 4 heteroatoms. The topological polar surface area (TPSA) is 27.8 Å². The lowest BCUT2D eigenvalue weighted by Gasteiger charge is -2.49. The normalized spacial score (nSPS) is 24.4. The molecule has 1 fully saturated rings. The van der Waals surface area contributed by atoms with Crippen LogP contribution in [0.15, 0.2) is 60.8 Å². The third-order valence-electron chi connectivity index (χ3n) is 6.73. The van der Waals surface area contributed by atoms with E-state index in [1.165, 1.54) is 34.9 Å². The summed E-state index contributed by atoms with van der Waals surface area (Å²) < 4.78 is 1.16. The molecule has 0 amide bonds. The first kappa shape index (κ1) is 19.0. The summed E-state index contributed by atoms with van der Waals surface area (Å²) in [5.41, 5.74) is 4.81. The quantitative estimate of drug-likeness (QED) is 0.377. The number of allylic oxidation sites excluding steroid dienone is 3.